The Morgan fingerprint density at radius 3 is 2.38 bits per heavy atom. The molecule has 0 unspecified atom stereocenters. The smallest absolute Gasteiger partial charge is 0.321 e. The van der Waals surface area contributed by atoms with Crippen molar-refractivity contribution in [1.29, 1.82) is 0 Å². The van der Waals surface area contributed by atoms with E-state index in [0.29, 0.717) is 43.1 Å². The molecule has 0 atom stereocenters. The minimum absolute atomic E-state index is 0.259. The molecule has 4 nitrogen and oxygen atoms in total. The second-order valence-electron chi connectivity index (χ2n) is 5.82. The molecular formula is C18H19F2N3O. The summed E-state index contributed by atoms with van der Waals surface area (Å²) < 4.78 is 27.4. The van der Waals surface area contributed by atoms with Crippen LogP contribution in [0.25, 0.3) is 0 Å². The number of aryl methyl sites for hydroxylation is 1. The van der Waals surface area contributed by atoms with Gasteiger partial charge in [0.05, 0.1) is 5.69 Å². The molecule has 1 saturated heterocycles. The molecule has 0 radical (unpaired) electrons. The zero-order chi connectivity index (χ0) is 17.1. The normalized spacial score (nSPS) is 14.6. The minimum Gasteiger partial charge on any atom is -0.366 e. The summed E-state index contributed by atoms with van der Waals surface area (Å²) in [6, 6.07) is 11.0. The number of nitrogens with zero attached hydrogens (tertiary/aromatic N) is 2. The van der Waals surface area contributed by atoms with Crippen LogP contribution in [-0.4, -0.2) is 37.1 Å². The standard InChI is InChI=1S/C18H19F2N3O/c1-13-6-7-14(12-16(13)20)21-18(24)23-10-8-22(9-11-23)17-5-3-2-4-15(17)19/h2-7,12H,8-11H2,1H3,(H,21,24). The summed E-state index contributed by atoms with van der Waals surface area (Å²) in [7, 11) is 0. The molecule has 1 aliphatic rings. The Balaban J connectivity index is 1.59. The zero-order valence-corrected chi connectivity index (χ0v) is 13.4. The van der Waals surface area contributed by atoms with Gasteiger partial charge in [-0.25, -0.2) is 13.6 Å². The van der Waals surface area contributed by atoms with Crippen molar-refractivity contribution < 1.29 is 13.6 Å². The second kappa shape index (κ2) is 6.86. The van der Waals surface area contributed by atoms with E-state index in [-0.39, 0.29) is 17.7 Å². The first-order valence-electron chi connectivity index (χ1n) is 7.86. The number of halogens is 2. The Kier molecular flexibility index (Phi) is 4.64. The van der Waals surface area contributed by atoms with E-state index in [1.54, 1.807) is 42.2 Å². The second-order valence-corrected chi connectivity index (χ2v) is 5.82. The summed E-state index contributed by atoms with van der Waals surface area (Å²) in [5.41, 5.74) is 1.52. The van der Waals surface area contributed by atoms with Crippen molar-refractivity contribution >= 4 is 17.4 Å². The number of rotatable bonds is 2. The van der Waals surface area contributed by atoms with Gasteiger partial charge in [-0.2, -0.15) is 0 Å². The van der Waals surface area contributed by atoms with Gasteiger partial charge in [0.2, 0.25) is 0 Å². The highest BCUT2D eigenvalue weighted by Crippen LogP contribution is 2.20. The number of anilines is 2. The van der Waals surface area contributed by atoms with E-state index in [4.69, 9.17) is 0 Å². The van der Waals surface area contributed by atoms with Crippen molar-refractivity contribution in [2.75, 3.05) is 36.4 Å². The van der Waals surface area contributed by atoms with Crippen LogP contribution in [0.1, 0.15) is 5.56 Å². The van der Waals surface area contributed by atoms with Crippen LogP contribution in [0.2, 0.25) is 0 Å². The number of urea groups is 1. The molecule has 1 N–H and O–H groups in total. The van der Waals surface area contributed by atoms with Gasteiger partial charge in [-0.05, 0) is 36.8 Å². The average molecular weight is 331 g/mol. The molecule has 3 rings (SSSR count). The number of amides is 2. The maximum absolute atomic E-state index is 13.8. The minimum atomic E-state index is -0.350. The van der Waals surface area contributed by atoms with Gasteiger partial charge >= 0.3 is 6.03 Å². The number of carbonyl (C=O) groups excluding carboxylic acids is 1. The molecule has 2 aromatic rings. The van der Waals surface area contributed by atoms with Gasteiger partial charge in [-0.3, -0.25) is 0 Å². The maximum atomic E-state index is 13.8. The molecular weight excluding hydrogens is 312 g/mol. The van der Waals surface area contributed by atoms with Gasteiger partial charge in [-0.15, -0.1) is 0 Å². The lowest BCUT2D eigenvalue weighted by Crippen LogP contribution is -2.50. The van der Waals surface area contributed by atoms with Crippen LogP contribution in [0.3, 0.4) is 0 Å². The van der Waals surface area contributed by atoms with Gasteiger partial charge in [0.15, 0.2) is 0 Å². The highest BCUT2D eigenvalue weighted by molar-refractivity contribution is 5.89. The van der Waals surface area contributed by atoms with Crippen molar-refractivity contribution in [3.8, 4) is 0 Å². The first-order chi connectivity index (χ1) is 11.5. The summed E-state index contributed by atoms with van der Waals surface area (Å²) in [4.78, 5) is 15.8. The number of benzene rings is 2. The molecule has 24 heavy (non-hydrogen) atoms. The molecule has 1 heterocycles. The predicted molar refractivity (Wildman–Crippen MR) is 90.3 cm³/mol. The average Bonchev–Trinajstić information content (AvgIpc) is 2.59. The Hall–Kier alpha value is -2.63. The number of hydrogen-bond acceptors (Lipinski definition) is 2. The fourth-order valence-corrected chi connectivity index (χ4v) is 2.73. The van der Waals surface area contributed by atoms with Crippen molar-refractivity contribution in [1.82, 2.24) is 4.90 Å². The first-order valence-corrected chi connectivity index (χ1v) is 7.86. The van der Waals surface area contributed by atoms with Crippen LogP contribution in [0.15, 0.2) is 42.5 Å². The van der Waals surface area contributed by atoms with Gasteiger partial charge in [0.25, 0.3) is 0 Å². The number of carbonyl (C=O) groups is 1. The summed E-state index contributed by atoms with van der Waals surface area (Å²) >= 11 is 0. The molecule has 2 aromatic carbocycles. The van der Waals surface area contributed by atoms with E-state index in [0.717, 1.165) is 0 Å². The Labute approximate surface area is 139 Å². The van der Waals surface area contributed by atoms with Crippen LogP contribution in [0.4, 0.5) is 25.0 Å². The van der Waals surface area contributed by atoms with Gasteiger partial charge < -0.3 is 15.1 Å². The molecule has 1 aliphatic heterocycles. The monoisotopic (exact) mass is 331 g/mol. The molecule has 0 saturated carbocycles. The van der Waals surface area contributed by atoms with Crippen molar-refractivity contribution in [2.24, 2.45) is 0 Å². The third-order valence-electron chi connectivity index (χ3n) is 4.18. The first kappa shape index (κ1) is 16.2. The highest BCUT2D eigenvalue weighted by Gasteiger charge is 2.22. The molecule has 0 aromatic heterocycles. The van der Waals surface area contributed by atoms with Crippen LogP contribution >= 0.6 is 0 Å². The Morgan fingerprint density at radius 1 is 1.00 bits per heavy atom. The topological polar surface area (TPSA) is 35.6 Å². The molecule has 6 heteroatoms. The van der Waals surface area contributed by atoms with E-state index in [1.807, 2.05) is 4.90 Å². The van der Waals surface area contributed by atoms with E-state index in [2.05, 4.69) is 5.32 Å². The van der Waals surface area contributed by atoms with Gasteiger partial charge in [-0.1, -0.05) is 18.2 Å². The van der Waals surface area contributed by atoms with E-state index < -0.39 is 0 Å². The van der Waals surface area contributed by atoms with E-state index >= 15 is 0 Å². The fraction of sp³-hybridized carbons (Fsp3) is 0.278. The van der Waals surface area contributed by atoms with Crippen LogP contribution in [-0.2, 0) is 0 Å². The lowest BCUT2D eigenvalue weighted by atomic mass is 10.2. The Morgan fingerprint density at radius 2 is 1.71 bits per heavy atom. The highest BCUT2D eigenvalue weighted by atomic mass is 19.1. The summed E-state index contributed by atoms with van der Waals surface area (Å²) in [6.45, 7) is 3.74. The van der Waals surface area contributed by atoms with Gasteiger partial charge in [0.1, 0.15) is 11.6 Å². The maximum Gasteiger partial charge on any atom is 0.321 e. The van der Waals surface area contributed by atoms with Crippen LogP contribution in [0, 0.1) is 18.6 Å². The van der Waals surface area contributed by atoms with Crippen LogP contribution < -0.4 is 10.2 Å². The molecule has 126 valence electrons. The SMILES string of the molecule is Cc1ccc(NC(=O)N2CCN(c3ccccc3F)CC2)cc1F. The predicted octanol–water partition coefficient (Wildman–Crippen LogP) is 3.63. The lowest BCUT2D eigenvalue weighted by molar-refractivity contribution is 0.208. The molecule has 0 aliphatic carbocycles. The fourth-order valence-electron chi connectivity index (χ4n) is 2.73. The largest absolute Gasteiger partial charge is 0.366 e. The van der Waals surface area contributed by atoms with Gasteiger partial charge in [0, 0.05) is 31.9 Å². The Bertz CT molecular complexity index is 743. The quantitative estimate of drug-likeness (QED) is 0.912. The third-order valence-corrected chi connectivity index (χ3v) is 4.18. The van der Waals surface area contributed by atoms with Crippen molar-refractivity contribution in [3.63, 3.8) is 0 Å². The molecule has 1 fully saturated rings. The number of hydrogen-bond donors (Lipinski definition) is 1. The lowest BCUT2D eigenvalue weighted by Gasteiger charge is -2.36. The number of piperazine rings is 1. The third kappa shape index (κ3) is 3.48. The van der Waals surface area contributed by atoms with Crippen molar-refractivity contribution in [2.45, 2.75) is 6.92 Å². The molecule has 0 spiro atoms. The van der Waals surface area contributed by atoms with E-state index in [1.165, 1.54) is 12.1 Å². The summed E-state index contributed by atoms with van der Waals surface area (Å²) in [5.74, 6) is -0.609. The molecule has 0 bridgehead atoms. The van der Waals surface area contributed by atoms with Crippen LogP contribution in [0.5, 0.6) is 0 Å². The van der Waals surface area contributed by atoms with Crippen molar-refractivity contribution in [3.05, 3.63) is 59.7 Å². The zero-order valence-electron chi connectivity index (χ0n) is 13.4. The summed E-state index contributed by atoms with van der Waals surface area (Å²) in [6.07, 6.45) is 0. The summed E-state index contributed by atoms with van der Waals surface area (Å²) in [5, 5.41) is 2.70. The van der Waals surface area contributed by atoms with E-state index in [9.17, 15) is 13.6 Å². The number of para-hydroxylation sites is 1. The molecule has 2 amide bonds. The number of nitrogens with one attached hydrogen (secondary N) is 1.